The molecule has 0 aliphatic heterocycles. The van der Waals surface area contributed by atoms with Gasteiger partial charge in [-0.1, -0.05) is 31.5 Å². The van der Waals surface area contributed by atoms with Crippen molar-refractivity contribution in [3.63, 3.8) is 0 Å². The minimum absolute atomic E-state index is 0.0200. The fourth-order valence-corrected chi connectivity index (χ4v) is 2.93. The molecule has 0 aliphatic rings. The van der Waals surface area contributed by atoms with Crippen LogP contribution in [0.2, 0.25) is 0 Å². The Labute approximate surface area is 161 Å². The van der Waals surface area contributed by atoms with Gasteiger partial charge in [-0.25, -0.2) is 0 Å². The van der Waals surface area contributed by atoms with Crippen molar-refractivity contribution in [1.29, 1.82) is 0 Å². The normalized spacial score (nSPS) is 10.7. The number of hydrogen-bond donors (Lipinski definition) is 2. The fourth-order valence-electron chi connectivity index (χ4n) is 2.93. The molecule has 0 heterocycles. The first-order valence-electron chi connectivity index (χ1n) is 9.52. The quantitative estimate of drug-likeness (QED) is 0.694. The van der Waals surface area contributed by atoms with E-state index in [-0.39, 0.29) is 11.8 Å². The van der Waals surface area contributed by atoms with E-state index in [2.05, 4.69) is 29.4 Å². The number of carbonyl (C=O) groups excluding carboxylic acids is 2. The zero-order valence-corrected chi connectivity index (χ0v) is 16.4. The molecule has 0 aliphatic carbocycles. The highest BCUT2D eigenvalue weighted by molar-refractivity contribution is 6.04. The van der Waals surface area contributed by atoms with Crippen molar-refractivity contribution in [1.82, 2.24) is 4.90 Å². The third kappa shape index (κ3) is 6.87. The van der Waals surface area contributed by atoms with Gasteiger partial charge in [-0.05, 0) is 69.3 Å². The molecule has 0 unspecified atom stereocenters. The molecule has 144 valence electrons. The second-order valence-electron chi connectivity index (χ2n) is 6.73. The molecule has 0 spiro atoms. The summed E-state index contributed by atoms with van der Waals surface area (Å²) in [4.78, 5) is 26.7. The van der Waals surface area contributed by atoms with Gasteiger partial charge in [0.05, 0.1) is 6.54 Å². The van der Waals surface area contributed by atoms with Crippen LogP contribution in [0.3, 0.4) is 0 Å². The maximum Gasteiger partial charge on any atom is 0.255 e. The fraction of sp³-hybridized carbons (Fsp3) is 0.364. The number of hydrogen-bond acceptors (Lipinski definition) is 3. The highest BCUT2D eigenvalue weighted by atomic mass is 16.2. The Kier molecular flexibility index (Phi) is 8.01. The number of amides is 2. The van der Waals surface area contributed by atoms with Gasteiger partial charge in [0.15, 0.2) is 0 Å². The SMILES string of the molecule is CCCN(CCC)CC(=O)Nc1ccc(NC(=O)c2cccc(C)c2)cc1. The summed E-state index contributed by atoms with van der Waals surface area (Å²) < 4.78 is 0. The highest BCUT2D eigenvalue weighted by Crippen LogP contribution is 2.15. The maximum absolute atomic E-state index is 12.3. The molecule has 2 N–H and O–H groups in total. The Balaban J connectivity index is 1.90. The van der Waals surface area contributed by atoms with Gasteiger partial charge in [-0.3, -0.25) is 14.5 Å². The third-order valence-electron chi connectivity index (χ3n) is 4.15. The Bertz CT molecular complexity index is 750. The molecule has 0 atom stereocenters. The zero-order chi connectivity index (χ0) is 19.6. The van der Waals surface area contributed by atoms with Crippen LogP contribution in [0, 0.1) is 6.92 Å². The molecule has 2 aromatic rings. The molecular weight excluding hydrogens is 338 g/mol. The van der Waals surface area contributed by atoms with E-state index >= 15 is 0 Å². The molecule has 2 amide bonds. The molecular formula is C22H29N3O2. The van der Waals surface area contributed by atoms with Gasteiger partial charge in [0.25, 0.3) is 5.91 Å². The van der Waals surface area contributed by atoms with E-state index in [0.29, 0.717) is 17.8 Å². The molecule has 0 aromatic heterocycles. The van der Waals surface area contributed by atoms with E-state index in [9.17, 15) is 9.59 Å². The van der Waals surface area contributed by atoms with Crippen molar-refractivity contribution in [3.05, 3.63) is 59.7 Å². The predicted octanol–water partition coefficient (Wildman–Crippen LogP) is 4.31. The average molecular weight is 367 g/mol. The van der Waals surface area contributed by atoms with Crippen molar-refractivity contribution in [2.75, 3.05) is 30.3 Å². The van der Waals surface area contributed by atoms with Gasteiger partial charge >= 0.3 is 0 Å². The van der Waals surface area contributed by atoms with Crippen LogP contribution >= 0.6 is 0 Å². The van der Waals surface area contributed by atoms with Gasteiger partial charge in [-0.15, -0.1) is 0 Å². The second-order valence-corrected chi connectivity index (χ2v) is 6.73. The lowest BCUT2D eigenvalue weighted by atomic mass is 10.1. The van der Waals surface area contributed by atoms with Crippen molar-refractivity contribution >= 4 is 23.2 Å². The van der Waals surface area contributed by atoms with E-state index in [1.54, 1.807) is 30.3 Å². The first-order valence-corrected chi connectivity index (χ1v) is 9.52. The summed E-state index contributed by atoms with van der Waals surface area (Å²) >= 11 is 0. The monoisotopic (exact) mass is 367 g/mol. The lowest BCUT2D eigenvalue weighted by Gasteiger charge is -2.20. The van der Waals surface area contributed by atoms with Crippen LogP contribution in [-0.2, 0) is 4.79 Å². The van der Waals surface area contributed by atoms with E-state index in [4.69, 9.17) is 0 Å². The van der Waals surface area contributed by atoms with Gasteiger partial charge in [0, 0.05) is 16.9 Å². The number of anilines is 2. The largest absolute Gasteiger partial charge is 0.325 e. The van der Waals surface area contributed by atoms with Crippen LogP contribution in [0.15, 0.2) is 48.5 Å². The number of rotatable bonds is 9. The summed E-state index contributed by atoms with van der Waals surface area (Å²) in [6, 6.07) is 14.6. The van der Waals surface area contributed by atoms with Crippen LogP contribution < -0.4 is 10.6 Å². The summed E-state index contributed by atoms with van der Waals surface area (Å²) in [6.45, 7) is 8.43. The molecule has 0 bridgehead atoms. The minimum Gasteiger partial charge on any atom is -0.325 e. The summed E-state index contributed by atoms with van der Waals surface area (Å²) in [7, 11) is 0. The Morgan fingerprint density at radius 1 is 0.889 bits per heavy atom. The minimum atomic E-state index is -0.148. The Morgan fingerprint density at radius 3 is 2.04 bits per heavy atom. The van der Waals surface area contributed by atoms with E-state index in [0.717, 1.165) is 37.2 Å². The summed E-state index contributed by atoms with van der Waals surface area (Å²) in [5.41, 5.74) is 3.08. The van der Waals surface area contributed by atoms with Crippen LogP contribution in [0.25, 0.3) is 0 Å². The lowest BCUT2D eigenvalue weighted by Crippen LogP contribution is -2.34. The van der Waals surface area contributed by atoms with Crippen molar-refractivity contribution in [3.8, 4) is 0 Å². The molecule has 0 radical (unpaired) electrons. The van der Waals surface area contributed by atoms with Gasteiger partial charge in [-0.2, -0.15) is 0 Å². The lowest BCUT2D eigenvalue weighted by molar-refractivity contribution is -0.117. The molecule has 2 rings (SSSR count). The molecule has 2 aromatic carbocycles. The van der Waals surface area contributed by atoms with Gasteiger partial charge in [0.2, 0.25) is 5.91 Å². The van der Waals surface area contributed by atoms with Gasteiger partial charge in [0.1, 0.15) is 0 Å². The molecule has 5 nitrogen and oxygen atoms in total. The van der Waals surface area contributed by atoms with Crippen molar-refractivity contribution in [2.45, 2.75) is 33.6 Å². The Hall–Kier alpha value is -2.66. The molecule has 0 fully saturated rings. The second kappa shape index (κ2) is 10.5. The average Bonchev–Trinajstić information content (AvgIpc) is 2.63. The van der Waals surface area contributed by atoms with Crippen LogP contribution in [0.1, 0.15) is 42.6 Å². The maximum atomic E-state index is 12.3. The first-order chi connectivity index (χ1) is 13.0. The molecule has 5 heteroatoms. The number of carbonyl (C=O) groups is 2. The van der Waals surface area contributed by atoms with Crippen LogP contribution in [-0.4, -0.2) is 36.3 Å². The molecule has 0 saturated heterocycles. The predicted molar refractivity (Wildman–Crippen MR) is 111 cm³/mol. The first kappa shape index (κ1) is 20.6. The number of aryl methyl sites for hydroxylation is 1. The van der Waals surface area contributed by atoms with Crippen molar-refractivity contribution < 1.29 is 9.59 Å². The smallest absolute Gasteiger partial charge is 0.255 e. The van der Waals surface area contributed by atoms with Crippen molar-refractivity contribution in [2.24, 2.45) is 0 Å². The Morgan fingerprint density at radius 2 is 1.48 bits per heavy atom. The van der Waals surface area contributed by atoms with Crippen LogP contribution in [0.5, 0.6) is 0 Å². The van der Waals surface area contributed by atoms with Crippen LogP contribution in [0.4, 0.5) is 11.4 Å². The number of benzene rings is 2. The number of nitrogens with zero attached hydrogens (tertiary/aromatic N) is 1. The van der Waals surface area contributed by atoms with E-state index < -0.39 is 0 Å². The summed E-state index contributed by atoms with van der Waals surface area (Å²) in [5, 5.41) is 5.79. The zero-order valence-electron chi connectivity index (χ0n) is 16.4. The summed E-state index contributed by atoms with van der Waals surface area (Å²) in [6.07, 6.45) is 2.06. The summed E-state index contributed by atoms with van der Waals surface area (Å²) in [5.74, 6) is -0.168. The van der Waals surface area contributed by atoms with Gasteiger partial charge < -0.3 is 10.6 Å². The van der Waals surface area contributed by atoms with E-state index in [1.165, 1.54) is 0 Å². The third-order valence-corrected chi connectivity index (χ3v) is 4.15. The standard InChI is InChI=1S/C22H29N3O2/c1-4-13-25(14-5-2)16-21(26)23-19-9-11-20(12-10-19)24-22(27)18-8-6-7-17(3)15-18/h6-12,15H,4-5,13-14,16H2,1-3H3,(H,23,26)(H,24,27). The number of nitrogens with one attached hydrogen (secondary N) is 2. The topological polar surface area (TPSA) is 61.4 Å². The van der Waals surface area contributed by atoms with E-state index in [1.807, 2.05) is 25.1 Å². The molecule has 0 saturated carbocycles. The molecule has 27 heavy (non-hydrogen) atoms. The highest BCUT2D eigenvalue weighted by Gasteiger charge is 2.10.